The summed E-state index contributed by atoms with van der Waals surface area (Å²) >= 11 is 0. The standard InChI is InChI=1S/C18H21FN2O2/c1-18(2)8-4-5-14(18)17-12(11-22)10-20-21(17)16-9-13(23-3)6-7-15(16)19/h5-7,9-10,22H,4,8,11H2,1-3H3. The van der Waals surface area contributed by atoms with Crippen molar-refractivity contribution in [3.8, 4) is 11.4 Å². The number of rotatable bonds is 4. The SMILES string of the molecule is COc1ccc(F)c(-n2ncc(CO)c2C2=CCCC2(C)C)c1. The molecule has 5 heteroatoms. The monoisotopic (exact) mass is 316 g/mol. The maximum absolute atomic E-state index is 14.4. The van der Waals surface area contributed by atoms with E-state index in [1.165, 1.54) is 6.07 Å². The van der Waals surface area contributed by atoms with Gasteiger partial charge in [-0.2, -0.15) is 5.10 Å². The Bertz CT molecular complexity index is 762. The van der Waals surface area contributed by atoms with Gasteiger partial charge in [0, 0.05) is 11.6 Å². The van der Waals surface area contributed by atoms with E-state index in [9.17, 15) is 9.50 Å². The van der Waals surface area contributed by atoms with Crippen molar-refractivity contribution in [1.29, 1.82) is 0 Å². The second-order valence-corrected chi connectivity index (χ2v) is 6.45. The minimum absolute atomic E-state index is 0.0307. The summed E-state index contributed by atoms with van der Waals surface area (Å²) in [4.78, 5) is 0. The molecule has 0 saturated heterocycles. The topological polar surface area (TPSA) is 47.3 Å². The Morgan fingerprint density at radius 3 is 2.78 bits per heavy atom. The molecule has 2 aromatic rings. The number of halogens is 1. The van der Waals surface area contributed by atoms with Crippen molar-refractivity contribution in [2.45, 2.75) is 33.3 Å². The zero-order valence-corrected chi connectivity index (χ0v) is 13.6. The van der Waals surface area contributed by atoms with Crippen molar-refractivity contribution in [2.24, 2.45) is 5.41 Å². The van der Waals surface area contributed by atoms with Gasteiger partial charge < -0.3 is 9.84 Å². The summed E-state index contributed by atoms with van der Waals surface area (Å²) in [5, 5.41) is 14.0. The number of nitrogens with zero attached hydrogens (tertiary/aromatic N) is 2. The summed E-state index contributed by atoms with van der Waals surface area (Å²) in [6, 6.07) is 4.57. The fraction of sp³-hybridized carbons (Fsp3) is 0.389. The molecular formula is C18H21FN2O2. The normalized spacial score (nSPS) is 16.5. The molecule has 0 atom stereocenters. The Balaban J connectivity index is 2.21. The third-order valence-corrected chi connectivity index (χ3v) is 4.50. The zero-order valence-electron chi connectivity index (χ0n) is 13.6. The number of aliphatic hydroxyl groups is 1. The van der Waals surface area contributed by atoms with E-state index in [1.807, 2.05) is 0 Å². The van der Waals surface area contributed by atoms with Gasteiger partial charge in [0.05, 0.1) is 25.6 Å². The number of aliphatic hydroxyl groups excluding tert-OH is 1. The van der Waals surface area contributed by atoms with Gasteiger partial charge in [-0.25, -0.2) is 9.07 Å². The van der Waals surface area contributed by atoms with E-state index in [0.717, 1.165) is 24.1 Å². The lowest BCUT2D eigenvalue weighted by atomic mass is 9.83. The first-order valence-electron chi connectivity index (χ1n) is 7.70. The molecule has 1 aliphatic rings. The van der Waals surface area contributed by atoms with E-state index < -0.39 is 0 Å². The smallest absolute Gasteiger partial charge is 0.149 e. The Hall–Kier alpha value is -2.14. The maximum atomic E-state index is 14.4. The number of hydrogen-bond donors (Lipinski definition) is 1. The highest BCUT2D eigenvalue weighted by molar-refractivity contribution is 5.73. The Morgan fingerprint density at radius 1 is 1.39 bits per heavy atom. The lowest BCUT2D eigenvalue weighted by Gasteiger charge is -2.24. The molecule has 0 radical (unpaired) electrons. The van der Waals surface area contributed by atoms with Crippen LogP contribution >= 0.6 is 0 Å². The minimum Gasteiger partial charge on any atom is -0.497 e. The van der Waals surface area contributed by atoms with E-state index in [-0.39, 0.29) is 17.8 Å². The molecule has 23 heavy (non-hydrogen) atoms. The number of hydrogen-bond acceptors (Lipinski definition) is 3. The lowest BCUT2D eigenvalue weighted by molar-refractivity contribution is 0.281. The first kappa shape index (κ1) is 15.7. The summed E-state index contributed by atoms with van der Waals surface area (Å²) < 4.78 is 21.1. The molecule has 0 fully saturated rings. The highest BCUT2D eigenvalue weighted by Gasteiger charge is 2.32. The van der Waals surface area contributed by atoms with Crippen LogP contribution in [0.3, 0.4) is 0 Å². The van der Waals surface area contributed by atoms with Crippen LogP contribution in [0, 0.1) is 11.2 Å². The predicted octanol–water partition coefficient (Wildman–Crippen LogP) is 3.72. The van der Waals surface area contributed by atoms with E-state index >= 15 is 0 Å². The molecule has 122 valence electrons. The van der Waals surface area contributed by atoms with Crippen molar-refractivity contribution in [2.75, 3.05) is 7.11 Å². The van der Waals surface area contributed by atoms with Crippen molar-refractivity contribution < 1.29 is 14.2 Å². The van der Waals surface area contributed by atoms with Gasteiger partial charge in [-0.1, -0.05) is 19.9 Å². The number of ether oxygens (including phenoxy) is 1. The zero-order chi connectivity index (χ0) is 16.6. The molecule has 0 bridgehead atoms. The van der Waals surface area contributed by atoms with Crippen molar-refractivity contribution >= 4 is 5.57 Å². The second-order valence-electron chi connectivity index (χ2n) is 6.45. The van der Waals surface area contributed by atoms with E-state index in [4.69, 9.17) is 4.74 Å². The predicted molar refractivity (Wildman–Crippen MR) is 87.0 cm³/mol. The van der Waals surface area contributed by atoms with E-state index in [1.54, 1.807) is 30.1 Å². The van der Waals surface area contributed by atoms with Crippen LogP contribution in [-0.4, -0.2) is 22.0 Å². The van der Waals surface area contributed by atoms with Gasteiger partial charge in [-0.15, -0.1) is 0 Å². The van der Waals surface area contributed by atoms with Crippen LogP contribution in [0.15, 0.2) is 30.5 Å². The molecule has 4 nitrogen and oxygen atoms in total. The number of benzene rings is 1. The molecular weight excluding hydrogens is 295 g/mol. The molecule has 1 aromatic carbocycles. The largest absolute Gasteiger partial charge is 0.497 e. The van der Waals surface area contributed by atoms with Crippen molar-refractivity contribution in [3.05, 3.63) is 47.5 Å². The third-order valence-electron chi connectivity index (χ3n) is 4.50. The Morgan fingerprint density at radius 2 is 2.17 bits per heavy atom. The number of methoxy groups -OCH3 is 1. The van der Waals surface area contributed by atoms with E-state index in [2.05, 4.69) is 25.0 Å². The molecule has 1 heterocycles. The molecule has 0 aliphatic heterocycles. The van der Waals surface area contributed by atoms with Crippen LogP contribution in [0.4, 0.5) is 4.39 Å². The summed E-state index contributed by atoms with van der Waals surface area (Å²) in [6.07, 6.45) is 5.76. The minimum atomic E-state index is -0.379. The van der Waals surface area contributed by atoms with Gasteiger partial charge in [0.15, 0.2) is 0 Å². The van der Waals surface area contributed by atoms with E-state index in [0.29, 0.717) is 17.0 Å². The maximum Gasteiger partial charge on any atom is 0.149 e. The first-order chi connectivity index (χ1) is 11.0. The van der Waals surface area contributed by atoms with Crippen molar-refractivity contribution in [3.63, 3.8) is 0 Å². The fourth-order valence-corrected chi connectivity index (χ4v) is 3.16. The highest BCUT2D eigenvalue weighted by Crippen LogP contribution is 2.45. The van der Waals surface area contributed by atoms with Crippen LogP contribution < -0.4 is 4.74 Å². The van der Waals surface area contributed by atoms with Gasteiger partial charge in [0.25, 0.3) is 0 Å². The van der Waals surface area contributed by atoms with Gasteiger partial charge in [0.2, 0.25) is 0 Å². The van der Waals surface area contributed by atoms with Gasteiger partial charge in [-0.05, 0) is 36.0 Å². The molecule has 0 spiro atoms. The molecule has 1 N–H and O–H groups in total. The number of aromatic nitrogens is 2. The summed E-state index contributed by atoms with van der Waals surface area (Å²) in [5.41, 5.74) is 2.87. The average molecular weight is 316 g/mol. The molecule has 1 aromatic heterocycles. The molecule has 3 rings (SSSR count). The van der Waals surface area contributed by atoms with Gasteiger partial charge in [-0.3, -0.25) is 0 Å². The van der Waals surface area contributed by atoms with Crippen LogP contribution in [0.2, 0.25) is 0 Å². The average Bonchev–Trinajstić information content (AvgIpc) is 3.09. The molecule has 0 unspecified atom stereocenters. The van der Waals surface area contributed by atoms with Crippen LogP contribution in [0.5, 0.6) is 5.75 Å². The first-order valence-corrected chi connectivity index (χ1v) is 7.70. The van der Waals surface area contributed by atoms with Gasteiger partial charge in [0.1, 0.15) is 17.3 Å². The number of allylic oxidation sites excluding steroid dienone is 2. The summed E-state index contributed by atoms with van der Waals surface area (Å²) in [6.45, 7) is 4.19. The van der Waals surface area contributed by atoms with Crippen LogP contribution in [0.25, 0.3) is 11.3 Å². The highest BCUT2D eigenvalue weighted by atomic mass is 19.1. The lowest BCUT2D eigenvalue weighted by Crippen LogP contribution is -2.14. The van der Waals surface area contributed by atoms with Crippen LogP contribution in [0.1, 0.15) is 37.9 Å². The van der Waals surface area contributed by atoms with Crippen LogP contribution in [-0.2, 0) is 6.61 Å². The van der Waals surface area contributed by atoms with Gasteiger partial charge >= 0.3 is 0 Å². The third kappa shape index (κ3) is 2.65. The summed E-state index contributed by atoms with van der Waals surface area (Å²) in [5.74, 6) is 0.184. The fourth-order valence-electron chi connectivity index (χ4n) is 3.16. The Labute approximate surface area is 135 Å². The van der Waals surface area contributed by atoms with Crippen molar-refractivity contribution in [1.82, 2.24) is 9.78 Å². The molecule has 0 saturated carbocycles. The summed E-state index contributed by atoms with van der Waals surface area (Å²) in [7, 11) is 1.54. The Kier molecular flexibility index (Phi) is 3.98. The molecule has 0 amide bonds. The second kappa shape index (κ2) is 5.81. The quantitative estimate of drug-likeness (QED) is 0.935. The molecule has 1 aliphatic carbocycles.